The number of rotatable bonds is 3. The Morgan fingerprint density at radius 2 is 1.88 bits per heavy atom. The number of carbonyl (C=O) groups excluding carboxylic acids is 2. The highest BCUT2D eigenvalue weighted by molar-refractivity contribution is 7.40. The predicted molar refractivity (Wildman–Crippen MR) is 98.3 cm³/mol. The van der Waals surface area contributed by atoms with Crippen LogP contribution in [0.25, 0.3) is 9.53 Å². The minimum Gasteiger partial charge on any atom is -0.348 e. The summed E-state index contributed by atoms with van der Waals surface area (Å²) >= 11 is 3.27. The van der Waals surface area contributed by atoms with E-state index in [2.05, 4.69) is 4.90 Å². The molecule has 2 aromatic rings. The van der Waals surface area contributed by atoms with Crippen LogP contribution in [0.3, 0.4) is 0 Å². The van der Waals surface area contributed by atoms with Gasteiger partial charge in [-0.3, -0.25) is 4.79 Å². The van der Waals surface area contributed by atoms with E-state index in [1.165, 1.54) is 19.3 Å². The quantitative estimate of drug-likeness (QED) is 0.784. The third-order valence-electron chi connectivity index (χ3n) is 4.94. The lowest BCUT2D eigenvalue weighted by Gasteiger charge is -2.29. The number of amides is 1. The first-order valence-electron chi connectivity index (χ1n) is 8.64. The summed E-state index contributed by atoms with van der Waals surface area (Å²) in [6, 6.07) is 1.94. The average molecular weight is 364 g/mol. The molecule has 7 heteroatoms. The van der Waals surface area contributed by atoms with Crippen molar-refractivity contribution >= 4 is 49.5 Å². The maximum absolute atomic E-state index is 12.7. The van der Waals surface area contributed by atoms with E-state index in [9.17, 15) is 9.59 Å². The lowest BCUT2D eigenvalue weighted by Crippen LogP contribution is -2.38. The van der Waals surface area contributed by atoms with E-state index in [4.69, 9.17) is 4.98 Å². The van der Waals surface area contributed by atoms with Gasteiger partial charge in [0.25, 0.3) is 5.91 Å². The minimum atomic E-state index is 0.0917. The summed E-state index contributed by atoms with van der Waals surface area (Å²) in [6.07, 6.45) is 6.39. The molecule has 2 aromatic heterocycles. The summed E-state index contributed by atoms with van der Waals surface area (Å²) in [5.74, 6) is 0.212. The van der Waals surface area contributed by atoms with Crippen molar-refractivity contribution in [2.45, 2.75) is 32.1 Å². The van der Waals surface area contributed by atoms with Gasteiger partial charge in [-0.05, 0) is 38.2 Å². The van der Waals surface area contributed by atoms with E-state index < -0.39 is 0 Å². The number of thiophene rings is 1. The zero-order chi connectivity index (χ0) is 16.5. The fourth-order valence-electron chi connectivity index (χ4n) is 3.44. The standard InChI is InChI=1S/C17H21N3O2S2/c21-11-12-4-8-19(9-5-12)15(22)14-10-13-16(23-14)24-17(18-13)20-6-2-1-3-7-20/h10-12H,1-9H2. The molecule has 0 saturated carbocycles. The Kier molecular flexibility index (Phi) is 4.54. The molecule has 2 fully saturated rings. The maximum Gasteiger partial charge on any atom is 0.264 e. The number of nitrogens with zero attached hydrogens (tertiary/aromatic N) is 3. The van der Waals surface area contributed by atoms with Gasteiger partial charge in [-0.25, -0.2) is 4.98 Å². The lowest BCUT2D eigenvalue weighted by atomic mass is 9.98. The van der Waals surface area contributed by atoms with Gasteiger partial charge in [-0.15, -0.1) is 11.3 Å². The van der Waals surface area contributed by atoms with Gasteiger partial charge in [0, 0.05) is 32.1 Å². The van der Waals surface area contributed by atoms with Crippen molar-refractivity contribution in [1.82, 2.24) is 9.88 Å². The second-order valence-corrected chi connectivity index (χ2v) is 8.88. The van der Waals surface area contributed by atoms with Gasteiger partial charge in [-0.2, -0.15) is 0 Å². The molecule has 4 rings (SSSR count). The molecule has 128 valence electrons. The molecule has 0 atom stereocenters. The van der Waals surface area contributed by atoms with Gasteiger partial charge in [0.1, 0.15) is 10.3 Å². The zero-order valence-corrected chi connectivity index (χ0v) is 15.2. The number of anilines is 1. The number of thiazole rings is 1. The SMILES string of the molecule is O=CC1CCN(C(=O)c2cc3nc(N4CCCCC4)sc3s2)CC1. The number of carbonyl (C=O) groups is 2. The highest BCUT2D eigenvalue weighted by Gasteiger charge is 2.25. The summed E-state index contributed by atoms with van der Waals surface area (Å²) in [4.78, 5) is 33.3. The van der Waals surface area contributed by atoms with E-state index in [0.717, 1.165) is 51.8 Å². The van der Waals surface area contributed by atoms with Crippen LogP contribution in [0.15, 0.2) is 6.07 Å². The van der Waals surface area contributed by atoms with Crippen molar-refractivity contribution in [3.05, 3.63) is 10.9 Å². The van der Waals surface area contributed by atoms with E-state index in [-0.39, 0.29) is 11.8 Å². The molecule has 5 nitrogen and oxygen atoms in total. The van der Waals surface area contributed by atoms with Crippen molar-refractivity contribution in [3.8, 4) is 0 Å². The van der Waals surface area contributed by atoms with Gasteiger partial charge < -0.3 is 14.6 Å². The summed E-state index contributed by atoms with van der Waals surface area (Å²) in [6.45, 7) is 3.55. The summed E-state index contributed by atoms with van der Waals surface area (Å²) in [7, 11) is 0. The van der Waals surface area contributed by atoms with Crippen LogP contribution >= 0.6 is 22.7 Å². The summed E-state index contributed by atoms with van der Waals surface area (Å²) in [5.41, 5.74) is 0.955. The summed E-state index contributed by atoms with van der Waals surface area (Å²) in [5, 5.41) is 1.10. The van der Waals surface area contributed by atoms with Crippen LogP contribution in [0.4, 0.5) is 5.13 Å². The van der Waals surface area contributed by atoms with Crippen molar-refractivity contribution < 1.29 is 9.59 Å². The molecule has 1 amide bonds. The number of aromatic nitrogens is 1. The fourth-order valence-corrected chi connectivity index (χ4v) is 5.73. The van der Waals surface area contributed by atoms with Gasteiger partial charge in [0.2, 0.25) is 0 Å². The lowest BCUT2D eigenvalue weighted by molar-refractivity contribution is -0.112. The monoisotopic (exact) mass is 363 g/mol. The first-order chi connectivity index (χ1) is 11.7. The second-order valence-electron chi connectivity index (χ2n) is 6.59. The molecular formula is C17H21N3O2S2. The van der Waals surface area contributed by atoms with Crippen LogP contribution < -0.4 is 4.90 Å². The fraction of sp³-hybridized carbons (Fsp3) is 0.588. The molecule has 2 aliphatic heterocycles. The molecule has 0 radical (unpaired) electrons. The molecule has 0 aromatic carbocycles. The van der Waals surface area contributed by atoms with Crippen molar-refractivity contribution in [1.29, 1.82) is 0 Å². The summed E-state index contributed by atoms with van der Waals surface area (Å²) < 4.78 is 1.14. The highest BCUT2D eigenvalue weighted by atomic mass is 32.2. The van der Waals surface area contributed by atoms with Crippen LogP contribution in [-0.2, 0) is 4.79 Å². The van der Waals surface area contributed by atoms with Crippen molar-refractivity contribution in [2.75, 3.05) is 31.1 Å². The Labute approximate surface area is 149 Å². The highest BCUT2D eigenvalue weighted by Crippen LogP contribution is 2.36. The Hall–Kier alpha value is -1.47. The molecule has 0 bridgehead atoms. The molecule has 0 N–H and O–H groups in total. The number of piperidine rings is 2. The van der Waals surface area contributed by atoms with Crippen molar-refractivity contribution in [2.24, 2.45) is 5.92 Å². The molecule has 4 heterocycles. The molecule has 0 spiro atoms. The average Bonchev–Trinajstić information content (AvgIpc) is 3.21. The van der Waals surface area contributed by atoms with Crippen molar-refractivity contribution in [3.63, 3.8) is 0 Å². The van der Waals surface area contributed by atoms with Gasteiger partial charge >= 0.3 is 0 Å². The van der Waals surface area contributed by atoms with Gasteiger partial charge in [-0.1, -0.05) is 11.3 Å². The second kappa shape index (κ2) is 6.80. The largest absolute Gasteiger partial charge is 0.348 e. The van der Waals surface area contributed by atoms with E-state index >= 15 is 0 Å². The Morgan fingerprint density at radius 3 is 2.54 bits per heavy atom. The zero-order valence-electron chi connectivity index (χ0n) is 13.6. The normalized spacial score (nSPS) is 19.8. The molecular weight excluding hydrogens is 342 g/mol. The van der Waals surface area contributed by atoms with E-state index in [0.29, 0.717) is 13.1 Å². The number of aldehydes is 1. The van der Waals surface area contributed by atoms with Gasteiger partial charge in [0.15, 0.2) is 5.13 Å². The van der Waals surface area contributed by atoms with Crippen LogP contribution in [0, 0.1) is 5.92 Å². The van der Waals surface area contributed by atoms with Crippen LogP contribution in [-0.4, -0.2) is 48.3 Å². The Balaban J connectivity index is 1.48. The van der Waals surface area contributed by atoms with E-state index in [1.807, 2.05) is 11.0 Å². The molecule has 0 unspecified atom stereocenters. The number of likely N-dealkylation sites (tertiary alicyclic amines) is 1. The third kappa shape index (κ3) is 3.07. The van der Waals surface area contributed by atoms with Gasteiger partial charge in [0.05, 0.1) is 10.4 Å². The smallest absolute Gasteiger partial charge is 0.264 e. The van der Waals surface area contributed by atoms with Crippen LogP contribution in [0.1, 0.15) is 41.8 Å². The van der Waals surface area contributed by atoms with Crippen LogP contribution in [0.5, 0.6) is 0 Å². The minimum absolute atomic E-state index is 0.0917. The molecule has 24 heavy (non-hydrogen) atoms. The first kappa shape index (κ1) is 16.0. The predicted octanol–water partition coefficient (Wildman–Crippen LogP) is 3.40. The Bertz CT molecular complexity index is 709. The molecule has 2 saturated heterocycles. The maximum atomic E-state index is 12.7. The molecule has 0 aliphatic carbocycles. The first-order valence-corrected chi connectivity index (χ1v) is 10.3. The third-order valence-corrected chi connectivity index (χ3v) is 7.27. The Morgan fingerprint density at radius 1 is 1.12 bits per heavy atom. The number of fused-ring (bicyclic) bond motifs is 1. The topological polar surface area (TPSA) is 53.5 Å². The molecule has 2 aliphatic rings. The number of hydrogen-bond donors (Lipinski definition) is 0. The van der Waals surface area contributed by atoms with E-state index in [1.54, 1.807) is 22.7 Å². The number of hydrogen-bond acceptors (Lipinski definition) is 6. The van der Waals surface area contributed by atoms with Crippen LogP contribution in [0.2, 0.25) is 0 Å².